The van der Waals surface area contributed by atoms with E-state index in [0.29, 0.717) is 12.8 Å². The third-order valence-electron chi connectivity index (χ3n) is 1.64. The van der Waals surface area contributed by atoms with E-state index >= 15 is 0 Å². The highest BCUT2D eigenvalue weighted by Gasteiger charge is 2.42. The van der Waals surface area contributed by atoms with E-state index in [0.717, 1.165) is 12.0 Å². The number of amides is 1. The Kier molecular flexibility index (Phi) is 9.46. The van der Waals surface area contributed by atoms with Gasteiger partial charge in [0.25, 0.3) is 0 Å². The first-order valence-electron chi connectivity index (χ1n) is 4.82. The molecule has 0 saturated carbocycles. The molecule has 0 atom stereocenters. The second-order valence-electron chi connectivity index (χ2n) is 2.50. The van der Waals surface area contributed by atoms with Gasteiger partial charge in [0.05, 0.1) is 0 Å². The fourth-order valence-corrected chi connectivity index (χ4v) is 1.10. The van der Waals surface area contributed by atoms with E-state index in [1.54, 1.807) is 0 Å². The van der Waals surface area contributed by atoms with Crippen LogP contribution in [0.3, 0.4) is 0 Å². The van der Waals surface area contributed by atoms with Crippen molar-refractivity contribution in [1.29, 1.82) is 0 Å². The Hall–Kier alpha value is -0.780. The molecule has 1 saturated heterocycles. The topological polar surface area (TPSA) is 40.5 Å². The molecule has 1 N–H and O–H groups in total. The molecule has 1 heterocycles. The highest BCUT2D eigenvalue weighted by Crippen LogP contribution is 2.21. The largest absolute Gasteiger partial charge is 0.471 e. The standard InChI is InChI=1S/C6H8F3NO.C2H6.CH4O/c7-6(8,9)5(11)10-3-1-2-4-10;2*1-2/h1-4H2;1-2H3;2H,1H3. The molecule has 1 rings (SSSR count). The van der Waals surface area contributed by atoms with Crippen LogP contribution in [0, 0.1) is 0 Å². The molecule has 0 bridgehead atoms. The van der Waals surface area contributed by atoms with Gasteiger partial charge in [-0.1, -0.05) is 13.8 Å². The molecule has 0 aliphatic carbocycles. The molecule has 1 aliphatic rings. The normalized spacial score (nSPS) is 14.7. The summed E-state index contributed by atoms with van der Waals surface area (Å²) in [5.41, 5.74) is 0. The van der Waals surface area contributed by atoms with Crippen molar-refractivity contribution in [3.8, 4) is 0 Å². The summed E-state index contributed by atoms with van der Waals surface area (Å²) < 4.78 is 35.1. The molecule has 92 valence electrons. The molecule has 0 unspecified atom stereocenters. The van der Waals surface area contributed by atoms with Crippen LogP contribution < -0.4 is 0 Å². The van der Waals surface area contributed by atoms with Gasteiger partial charge in [-0.3, -0.25) is 4.79 Å². The Balaban J connectivity index is 0. The first-order chi connectivity index (χ1) is 7.02. The van der Waals surface area contributed by atoms with E-state index in [1.165, 1.54) is 0 Å². The van der Waals surface area contributed by atoms with Crippen LogP contribution in [0.15, 0.2) is 0 Å². The van der Waals surface area contributed by atoms with Crippen LogP contribution in [0.1, 0.15) is 26.7 Å². The lowest BCUT2D eigenvalue weighted by molar-refractivity contribution is -0.184. The fraction of sp³-hybridized carbons (Fsp3) is 0.889. The van der Waals surface area contributed by atoms with Gasteiger partial charge in [0.1, 0.15) is 0 Å². The van der Waals surface area contributed by atoms with Crippen molar-refractivity contribution < 1.29 is 23.1 Å². The number of carbonyl (C=O) groups excluding carboxylic acids is 1. The molecular weight excluding hydrogens is 211 g/mol. The van der Waals surface area contributed by atoms with Crippen molar-refractivity contribution in [3.63, 3.8) is 0 Å². The van der Waals surface area contributed by atoms with Crippen LogP contribution in [-0.2, 0) is 4.79 Å². The van der Waals surface area contributed by atoms with Gasteiger partial charge < -0.3 is 10.0 Å². The van der Waals surface area contributed by atoms with E-state index in [9.17, 15) is 18.0 Å². The third kappa shape index (κ3) is 6.33. The van der Waals surface area contributed by atoms with Crippen molar-refractivity contribution >= 4 is 5.91 Å². The molecule has 0 spiro atoms. The van der Waals surface area contributed by atoms with Crippen molar-refractivity contribution in [1.82, 2.24) is 4.90 Å². The average molecular weight is 229 g/mol. The first-order valence-corrected chi connectivity index (χ1v) is 4.82. The summed E-state index contributed by atoms with van der Waals surface area (Å²) in [7, 11) is 1.00. The minimum atomic E-state index is -4.69. The Bertz CT molecular complexity index is 165. The molecule has 0 aromatic rings. The fourth-order valence-electron chi connectivity index (χ4n) is 1.10. The van der Waals surface area contributed by atoms with Crippen LogP contribution in [0.25, 0.3) is 0 Å². The highest BCUT2D eigenvalue weighted by atomic mass is 19.4. The molecule has 0 aromatic carbocycles. The lowest BCUT2D eigenvalue weighted by atomic mass is 10.4. The van der Waals surface area contributed by atoms with Gasteiger partial charge in [0.15, 0.2) is 0 Å². The maximum atomic E-state index is 11.7. The van der Waals surface area contributed by atoms with Crippen LogP contribution in [0.2, 0.25) is 0 Å². The summed E-state index contributed by atoms with van der Waals surface area (Å²) in [4.78, 5) is 11.3. The zero-order valence-corrected chi connectivity index (χ0v) is 9.26. The van der Waals surface area contributed by atoms with Gasteiger partial charge in [-0.15, -0.1) is 0 Å². The second-order valence-corrected chi connectivity index (χ2v) is 2.50. The van der Waals surface area contributed by atoms with E-state index in [1.807, 2.05) is 13.8 Å². The number of rotatable bonds is 0. The van der Waals surface area contributed by atoms with E-state index < -0.39 is 12.1 Å². The Morgan fingerprint density at radius 2 is 1.47 bits per heavy atom. The smallest absolute Gasteiger partial charge is 0.400 e. The predicted molar refractivity (Wildman–Crippen MR) is 51.4 cm³/mol. The van der Waals surface area contributed by atoms with Crippen molar-refractivity contribution in [2.75, 3.05) is 20.2 Å². The zero-order valence-electron chi connectivity index (χ0n) is 9.26. The van der Waals surface area contributed by atoms with Gasteiger partial charge in [-0.05, 0) is 12.8 Å². The molecular formula is C9H18F3NO2. The summed E-state index contributed by atoms with van der Waals surface area (Å²) in [5.74, 6) is -1.70. The number of hydrogen-bond donors (Lipinski definition) is 1. The number of halogens is 3. The van der Waals surface area contributed by atoms with Crippen molar-refractivity contribution in [2.45, 2.75) is 32.9 Å². The summed E-state index contributed by atoms with van der Waals surface area (Å²) in [5, 5.41) is 7.00. The quantitative estimate of drug-likeness (QED) is 0.688. The summed E-state index contributed by atoms with van der Waals surface area (Å²) >= 11 is 0. The van der Waals surface area contributed by atoms with Gasteiger partial charge in [-0.25, -0.2) is 0 Å². The van der Waals surface area contributed by atoms with E-state index in [2.05, 4.69) is 0 Å². The number of aliphatic hydroxyl groups excluding tert-OH is 1. The summed E-state index contributed by atoms with van der Waals surface area (Å²) in [6.45, 7) is 4.50. The van der Waals surface area contributed by atoms with Crippen molar-refractivity contribution in [3.05, 3.63) is 0 Å². The number of carbonyl (C=O) groups is 1. The maximum absolute atomic E-state index is 11.7. The number of aliphatic hydroxyl groups is 1. The van der Waals surface area contributed by atoms with E-state index in [4.69, 9.17) is 5.11 Å². The van der Waals surface area contributed by atoms with Crippen molar-refractivity contribution in [2.24, 2.45) is 0 Å². The first kappa shape index (κ1) is 16.6. The lowest BCUT2D eigenvalue weighted by Crippen LogP contribution is -2.39. The minimum absolute atomic E-state index is 0.248. The monoisotopic (exact) mass is 229 g/mol. The molecule has 0 radical (unpaired) electrons. The number of nitrogens with zero attached hydrogens (tertiary/aromatic N) is 1. The van der Waals surface area contributed by atoms with Crippen LogP contribution in [0.4, 0.5) is 13.2 Å². The Morgan fingerprint density at radius 1 is 1.13 bits per heavy atom. The van der Waals surface area contributed by atoms with Gasteiger partial charge in [0, 0.05) is 20.2 Å². The Morgan fingerprint density at radius 3 is 1.73 bits per heavy atom. The maximum Gasteiger partial charge on any atom is 0.471 e. The Labute approximate surface area is 87.9 Å². The molecule has 6 heteroatoms. The zero-order chi connectivity index (χ0) is 12.5. The van der Waals surface area contributed by atoms with Crippen LogP contribution in [-0.4, -0.2) is 42.3 Å². The number of hydrogen-bond acceptors (Lipinski definition) is 2. The third-order valence-corrected chi connectivity index (χ3v) is 1.64. The predicted octanol–water partition coefficient (Wildman–Crippen LogP) is 1.81. The number of likely N-dealkylation sites (tertiary alicyclic amines) is 1. The summed E-state index contributed by atoms with van der Waals surface area (Å²) in [6, 6.07) is 0. The minimum Gasteiger partial charge on any atom is -0.400 e. The second kappa shape index (κ2) is 8.52. The summed E-state index contributed by atoms with van der Waals surface area (Å²) in [6.07, 6.45) is -3.33. The molecule has 1 aliphatic heterocycles. The van der Waals surface area contributed by atoms with E-state index in [-0.39, 0.29) is 13.1 Å². The average Bonchev–Trinajstić information content (AvgIpc) is 2.74. The van der Waals surface area contributed by atoms with Gasteiger partial charge in [-0.2, -0.15) is 13.2 Å². The SMILES string of the molecule is CC.CO.O=C(N1CCCC1)C(F)(F)F. The van der Waals surface area contributed by atoms with Gasteiger partial charge in [0.2, 0.25) is 0 Å². The van der Waals surface area contributed by atoms with Crippen LogP contribution >= 0.6 is 0 Å². The number of alkyl halides is 3. The highest BCUT2D eigenvalue weighted by molar-refractivity contribution is 5.82. The molecule has 1 fully saturated rings. The molecule has 15 heavy (non-hydrogen) atoms. The lowest BCUT2D eigenvalue weighted by Gasteiger charge is -2.16. The molecule has 0 aromatic heterocycles. The molecule has 3 nitrogen and oxygen atoms in total. The molecule has 1 amide bonds. The van der Waals surface area contributed by atoms with Crippen LogP contribution in [0.5, 0.6) is 0 Å². The van der Waals surface area contributed by atoms with Gasteiger partial charge >= 0.3 is 12.1 Å².